The standard InChI is InChI=1S/C21H28N2O4/c1-15(2)8-9-19(24)22-10-12-23(13-11-22)21(25)20-17(14-26-3)16-6-4-5-7-18(16)27-20/h4-7,15H,8-14H2,1-3H3. The fraction of sp³-hybridized carbons (Fsp3) is 0.524. The van der Waals surface area contributed by atoms with Crippen LogP contribution in [0.2, 0.25) is 0 Å². The molecule has 0 unspecified atom stereocenters. The first-order valence-electron chi connectivity index (χ1n) is 9.57. The first-order chi connectivity index (χ1) is 13.0. The molecule has 0 radical (unpaired) electrons. The second-order valence-electron chi connectivity index (χ2n) is 7.44. The fourth-order valence-corrected chi connectivity index (χ4v) is 3.43. The fourth-order valence-electron chi connectivity index (χ4n) is 3.43. The molecular weight excluding hydrogens is 344 g/mol. The first kappa shape index (κ1) is 19.4. The molecule has 1 fully saturated rings. The number of amides is 2. The van der Waals surface area contributed by atoms with Gasteiger partial charge < -0.3 is 19.0 Å². The van der Waals surface area contributed by atoms with E-state index in [9.17, 15) is 9.59 Å². The number of ether oxygens (including phenoxy) is 1. The SMILES string of the molecule is COCc1c(C(=O)N2CCN(C(=O)CCC(C)C)CC2)oc2ccccc12. The zero-order chi connectivity index (χ0) is 19.4. The molecule has 0 bridgehead atoms. The summed E-state index contributed by atoms with van der Waals surface area (Å²) in [4.78, 5) is 29.0. The molecule has 1 aliphatic heterocycles. The van der Waals surface area contributed by atoms with Crippen molar-refractivity contribution < 1.29 is 18.7 Å². The van der Waals surface area contributed by atoms with Gasteiger partial charge in [-0.2, -0.15) is 0 Å². The third-order valence-electron chi connectivity index (χ3n) is 5.04. The van der Waals surface area contributed by atoms with Gasteiger partial charge in [0.1, 0.15) is 5.58 Å². The van der Waals surface area contributed by atoms with Gasteiger partial charge >= 0.3 is 0 Å². The van der Waals surface area contributed by atoms with Crippen LogP contribution in [0.1, 0.15) is 42.8 Å². The summed E-state index contributed by atoms with van der Waals surface area (Å²) in [6, 6.07) is 7.61. The van der Waals surface area contributed by atoms with Crippen molar-refractivity contribution in [1.29, 1.82) is 0 Å². The summed E-state index contributed by atoms with van der Waals surface area (Å²) in [7, 11) is 1.61. The Labute approximate surface area is 160 Å². The minimum absolute atomic E-state index is 0.132. The normalized spacial score (nSPS) is 15.0. The molecule has 3 rings (SSSR count). The summed E-state index contributed by atoms with van der Waals surface area (Å²) in [5.74, 6) is 0.911. The Morgan fingerprint density at radius 1 is 1.11 bits per heavy atom. The average Bonchev–Trinajstić information content (AvgIpc) is 3.04. The van der Waals surface area contributed by atoms with E-state index in [1.807, 2.05) is 29.2 Å². The number of fused-ring (bicyclic) bond motifs is 1. The first-order valence-corrected chi connectivity index (χ1v) is 9.57. The van der Waals surface area contributed by atoms with Crippen molar-refractivity contribution >= 4 is 22.8 Å². The molecule has 146 valence electrons. The Balaban J connectivity index is 1.68. The number of hydrogen-bond acceptors (Lipinski definition) is 4. The summed E-state index contributed by atoms with van der Waals surface area (Å²) in [6.45, 7) is 6.76. The number of furan rings is 1. The van der Waals surface area contributed by atoms with Gasteiger partial charge in [0.05, 0.1) is 6.61 Å². The van der Waals surface area contributed by atoms with Crippen molar-refractivity contribution in [2.75, 3.05) is 33.3 Å². The molecule has 1 aromatic heterocycles. The smallest absolute Gasteiger partial charge is 0.290 e. The van der Waals surface area contributed by atoms with Crippen LogP contribution >= 0.6 is 0 Å². The topological polar surface area (TPSA) is 63.0 Å². The second kappa shape index (κ2) is 8.57. The van der Waals surface area contributed by atoms with E-state index in [4.69, 9.17) is 9.15 Å². The Morgan fingerprint density at radius 2 is 1.78 bits per heavy atom. The van der Waals surface area contributed by atoms with E-state index in [2.05, 4.69) is 13.8 Å². The van der Waals surface area contributed by atoms with Gasteiger partial charge in [0, 0.05) is 50.7 Å². The number of piperazine rings is 1. The van der Waals surface area contributed by atoms with Crippen LogP contribution in [0, 0.1) is 5.92 Å². The molecule has 27 heavy (non-hydrogen) atoms. The lowest BCUT2D eigenvalue weighted by molar-refractivity contribution is -0.132. The van der Waals surface area contributed by atoms with Crippen LogP contribution in [-0.2, 0) is 16.1 Å². The van der Waals surface area contributed by atoms with E-state index < -0.39 is 0 Å². The lowest BCUT2D eigenvalue weighted by atomic mass is 10.1. The van der Waals surface area contributed by atoms with Gasteiger partial charge in [-0.15, -0.1) is 0 Å². The maximum atomic E-state index is 13.0. The van der Waals surface area contributed by atoms with Crippen LogP contribution < -0.4 is 0 Å². The molecule has 2 heterocycles. The van der Waals surface area contributed by atoms with Gasteiger partial charge in [-0.25, -0.2) is 0 Å². The monoisotopic (exact) mass is 372 g/mol. The quantitative estimate of drug-likeness (QED) is 0.780. The van der Waals surface area contributed by atoms with Crippen LogP contribution in [0.25, 0.3) is 11.0 Å². The minimum atomic E-state index is -0.132. The molecule has 1 aliphatic rings. The minimum Gasteiger partial charge on any atom is -0.451 e. The number of para-hydroxylation sites is 1. The Bertz CT molecular complexity index is 804. The van der Waals surface area contributed by atoms with Crippen LogP contribution in [0.5, 0.6) is 0 Å². The van der Waals surface area contributed by atoms with E-state index >= 15 is 0 Å². The van der Waals surface area contributed by atoms with E-state index in [0.29, 0.717) is 56.5 Å². The summed E-state index contributed by atoms with van der Waals surface area (Å²) < 4.78 is 11.1. The number of methoxy groups -OCH3 is 1. The predicted molar refractivity (Wildman–Crippen MR) is 103 cm³/mol. The number of carbonyl (C=O) groups excluding carboxylic acids is 2. The van der Waals surface area contributed by atoms with Crippen LogP contribution in [-0.4, -0.2) is 54.9 Å². The van der Waals surface area contributed by atoms with E-state index in [1.54, 1.807) is 12.0 Å². The molecule has 2 aromatic rings. The molecule has 0 spiro atoms. The van der Waals surface area contributed by atoms with Gasteiger partial charge in [0.15, 0.2) is 5.76 Å². The van der Waals surface area contributed by atoms with Crippen molar-refractivity contribution in [2.24, 2.45) is 5.92 Å². The van der Waals surface area contributed by atoms with E-state index in [1.165, 1.54) is 0 Å². The van der Waals surface area contributed by atoms with E-state index in [-0.39, 0.29) is 11.8 Å². The Kier molecular flexibility index (Phi) is 6.16. The van der Waals surface area contributed by atoms with E-state index in [0.717, 1.165) is 17.4 Å². The molecule has 1 saturated heterocycles. The Morgan fingerprint density at radius 3 is 2.44 bits per heavy atom. The zero-order valence-electron chi connectivity index (χ0n) is 16.4. The number of benzene rings is 1. The molecule has 2 amide bonds. The highest BCUT2D eigenvalue weighted by Crippen LogP contribution is 2.28. The average molecular weight is 372 g/mol. The van der Waals surface area contributed by atoms with Crippen LogP contribution in [0.4, 0.5) is 0 Å². The van der Waals surface area contributed by atoms with Crippen LogP contribution in [0.3, 0.4) is 0 Å². The number of rotatable bonds is 6. The van der Waals surface area contributed by atoms with Gasteiger partial charge in [-0.3, -0.25) is 9.59 Å². The highest BCUT2D eigenvalue weighted by atomic mass is 16.5. The molecular formula is C21H28N2O4. The van der Waals surface area contributed by atoms with Gasteiger partial charge in [0.25, 0.3) is 5.91 Å². The highest BCUT2D eigenvalue weighted by molar-refractivity contribution is 5.99. The third-order valence-corrected chi connectivity index (χ3v) is 5.04. The van der Waals surface area contributed by atoms with Crippen molar-refractivity contribution in [3.63, 3.8) is 0 Å². The molecule has 0 saturated carbocycles. The molecule has 0 atom stereocenters. The lowest BCUT2D eigenvalue weighted by Crippen LogP contribution is -2.50. The van der Waals surface area contributed by atoms with Crippen molar-refractivity contribution in [3.05, 3.63) is 35.6 Å². The van der Waals surface area contributed by atoms with Crippen molar-refractivity contribution in [2.45, 2.75) is 33.3 Å². The summed E-state index contributed by atoms with van der Waals surface area (Å²) in [5.41, 5.74) is 1.48. The maximum Gasteiger partial charge on any atom is 0.290 e. The molecule has 6 heteroatoms. The molecule has 0 aliphatic carbocycles. The number of nitrogens with zero attached hydrogens (tertiary/aromatic N) is 2. The van der Waals surface area contributed by atoms with Crippen molar-refractivity contribution in [3.8, 4) is 0 Å². The third kappa shape index (κ3) is 4.33. The summed E-state index contributed by atoms with van der Waals surface area (Å²) in [5, 5.41) is 0.908. The molecule has 6 nitrogen and oxygen atoms in total. The van der Waals surface area contributed by atoms with Gasteiger partial charge in [0.2, 0.25) is 5.91 Å². The second-order valence-corrected chi connectivity index (χ2v) is 7.44. The largest absolute Gasteiger partial charge is 0.451 e. The predicted octanol–water partition coefficient (Wildman–Crippen LogP) is 3.30. The van der Waals surface area contributed by atoms with Gasteiger partial charge in [-0.05, 0) is 18.4 Å². The molecule has 1 aromatic carbocycles. The zero-order valence-corrected chi connectivity index (χ0v) is 16.4. The van der Waals surface area contributed by atoms with Crippen molar-refractivity contribution in [1.82, 2.24) is 9.80 Å². The van der Waals surface area contributed by atoms with Gasteiger partial charge in [-0.1, -0.05) is 32.0 Å². The molecule has 0 N–H and O–H groups in total. The summed E-state index contributed by atoms with van der Waals surface area (Å²) in [6.07, 6.45) is 1.48. The maximum absolute atomic E-state index is 13.0. The lowest BCUT2D eigenvalue weighted by Gasteiger charge is -2.34. The highest BCUT2D eigenvalue weighted by Gasteiger charge is 2.29. The Hall–Kier alpha value is -2.34. The van der Waals surface area contributed by atoms with Crippen LogP contribution in [0.15, 0.2) is 28.7 Å². The summed E-state index contributed by atoms with van der Waals surface area (Å²) >= 11 is 0. The number of hydrogen-bond donors (Lipinski definition) is 0. The number of carbonyl (C=O) groups is 2.